The van der Waals surface area contributed by atoms with E-state index < -0.39 is 60.2 Å². The van der Waals surface area contributed by atoms with Crippen molar-refractivity contribution in [2.24, 2.45) is 17.8 Å². The Bertz CT molecular complexity index is 1290. The van der Waals surface area contributed by atoms with Crippen molar-refractivity contribution in [3.8, 4) is 6.07 Å². The van der Waals surface area contributed by atoms with Crippen molar-refractivity contribution < 1.29 is 38.1 Å². The highest BCUT2D eigenvalue weighted by Gasteiger charge is 2.51. The van der Waals surface area contributed by atoms with Gasteiger partial charge in [-0.3, -0.25) is 19.7 Å². The fourth-order valence-corrected chi connectivity index (χ4v) is 4.11. The van der Waals surface area contributed by atoms with E-state index in [1.165, 1.54) is 18.0 Å². The van der Waals surface area contributed by atoms with Crippen LogP contribution in [-0.4, -0.2) is 77.3 Å². The summed E-state index contributed by atoms with van der Waals surface area (Å²) < 4.78 is 30.0. The van der Waals surface area contributed by atoms with Gasteiger partial charge in [-0.25, -0.2) is 9.50 Å². The molecule has 0 radical (unpaired) electrons. The first-order valence-electron chi connectivity index (χ1n) is 14.8. The number of carbonyl (C=O) groups excluding carboxylic acids is 3. The Balaban J connectivity index is 2.41. The Morgan fingerprint density at radius 3 is 2.25 bits per heavy atom. The van der Waals surface area contributed by atoms with E-state index in [0.717, 1.165) is 12.8 Å². The number of rotatable bonds is 18. The number of nitrogens with one attached hydrogen (secondary N) is 1. The Morgan fingerprint density at radius 1 is 1.05 bits per heavy atom. The molecule has 0 bridgehead atoms. The standard InChI is InChI=1S/C30H46N6O8/c1-9-21(10-2)13-42-29(39)20(7)34-17-41-15-30(14-31,40-8)25(44-28(38)19(5)6)24(43-27(37)18(3)4)22-11-12-23-26(32)33-16-35-36(22)23/h11-12,16,18-21,24-25,34H,9-10,13,15,17H2,1-8H3,(H2,32,33,35)/t20-,24-,25-,30?/m0/s1. The van der Waals surface area contributed by atoms with Crippen molar-refractivity contribution in [2.75, 3.05) is 32.8 Å². The second-order valence-corrected chi connectivity index (χ2v) is 11.2. The molecular weight excluding hydrogens is 572 g/mol. The Kier molecular flexibility index (Phi) is 14.0. The van der Waals surface area contributed by atoms with Gasteiger partial charge in [0.2, 0.25) is 5.60 Å². The lowest BCUT2D eigenvalue weighted by atomic mass is 9.92. The van der Waals surface area contributed by atoms with E-state index in [1.807, 2.05) is 13.8 Å². The topological polar surface area (TPSA) is 189 Å². The molecule has 1 unspecified atom stereocenters. The Hall–Kier alpha value is -3.80. The molecule has 0 aliphatic rings. The summed E-state index contributed by atoms with van der Waals surface area (Å²) in [6.45, 7) is 12.0. The van der Waals surface area contributed by atoms with Gasteiger partial charge in [-0.2, -0.15) is 10.4 Å². The minimum atomic E-state index is -1.98. The third-order valence-electron chi connectivity index (χ3n) is 7.30. The van der Waals surface area contributed by atoms with Gasteiger partial charge in [0.25, 0.3) is 0 Å². The summed E-state index contributed by atoms with van der Waals surface area (Å²) in [6.07, 6.45) is 0.127. The molecule has 0 spiro atoms. The van der Waals surface area contributed by atoms with Crippen LogP contribution < -0.4 is 11.1 Å². The summed E-state index contributed by atoms with van der Waals surface area (Å²) in [5, 5.41) is 17.6. The average molecular weight is 619 g/mol. The van der Waals surface area contributed by atoms with Crippen molar-refractivity contribution in [1.29, 1.82) is 5.26 Å². The van der Waals surface area contributed by atoms with Gasteiger partial charge < -0.3 is 29.4 Å². The normalized spacial score (nSPS) is 15.0. The number of hydrogen-bond donors (Lipinski definition) is 2. The molecule has 0 saturated carbocycles. The summed E-state index contributed by atoms with van der Waals surface area (Å²) in [4.78, 5) is 42.4. The highest BCUT2D eigenvalue weighted by Crippen LogP contribution is 2.35. The number of carbonyl (C=O) groups is 3. The molecule has 0 aliphatic heterocycles. The number of nitrogens with zero attached hydrogens (tertiary/aromatic N) is 4. The number of fused-ring (bicyclic) bond motifs is 1. The van der Waals surface area contributed by atoms with Crippen molar-refractivity contribution in [3.05, 3.63) is 24.2 Å². The number of esters is 3. The zero-order valence-electron chi connectivity index (χ0n) is 26.9. The monoisotopic (exact) mass is 618 g/mol. The second kappa shape index (κ2) is 16.9. The molecule has 2 aromatic heterocycles. The highest BCUT2D eigenvalue weighted by atomic mass is 16.6. The van der Waals surface area contributed by atoms with Crippen LogP contribution in [0, 0.1) is 29.1 Å². The number of nitrogen functional groups attached to an aromatic ring is 1. The Morgan fingerprint density at radius 2 is 1.68 bits per heavy atom. The van der Waals surface area contributed by atoms with Gasteiger partial charge in [0, 0.05) is 7.11 Å². The number of nitriles is 1. The van der Waals surface area contributed by atoms with Crippen LogP contribution in [0.1, 0.15) is 73.1 Å². The van der Waals surface area contributed by atoms with E-state index in [9.17, 15) is 19.6 Å². The van der Waals surface area contributed by atoms with Gasteiger partial charge in [0.1, 0.15) is 24.0 Å². The molecule has 0 fully saturated rings. The quantitative estimate of drug-likeness (QED) is 0.107. The van der Waals surface area contributed by atoms with Crippen LogP contribution >= 0.6 is 0 Å². The zero-order chi connectivity index (χ0) is 33.0. The second-order valence-electron chi connectivity index (χ2n) is 11.2. The third kappa shape index (κ3) is 9.10. The van der Waals surface area contributed by atoms with Crippen LogP contribution in [0.15, 0.2) is 18.5 Å². The summed E-state index contributed by atoms with van der Waals surface area (Å²) in [6, 6.07) is 4.58. The molecule has 0 amide bonds. The van der Waals surface area contributed by atoms with Crippen molar-refractivity contribution in [2.45, 2.75) is 85.2 Å². The molecule has 2 aromatic rings. The molecule has 14 heteroatoms. The molecule has 0 aromatic carbocycles. The van der Waals surface area contributed by atoms with E-state index in [2.05, 4.69) is 21.5 Å². The summed E-state index contributed by atoms with van der Waals surface area (Å²) in [7, 11) is 1.26. The lowest BCUT2D eigenvalue weighted by Crippen LogP contribution is -2.54. The minimum absolute atomic E-state index is 0.163. The fourth-order valence-electron chi connectivity index (χ4n) is 4.11. The van der Waals surface area contributed by atoms with Gasteiger partial charge in [-0.05, 0) is 25.0 Å². The molecule has 4 atom stereocenters. The molecule has 3 N–H and O–H groups in total. The molecule has 44 heavy (non-hydrogen) atoms. The molecule has 14 nitrogen and oxygen atoms in total. The van der Waals surface area contributed by atoms with Crippen LogP contribution in [-0.2, 0) is 38.1 Å². The van der Waals surface area contributed by atoms with Crippen LogP contribution in [0.4, 0.5) is 5.82 Å². The van der Waals surface area contributed by atoms with Crippen LogP contribution in [0.3, 0.4) is 0 Å². The lowest BCUT2D eigenvalue weighted by Gasteiger charge is -2.37. The maximum Gasteiger partial charge on any atom is 0.322 e. The molecule has 0 saturated heterocycles. The fraction of sp³-hybridized carbons (Fsp3) is 0.667. The molecule has 2 heterocycles. The first-order chi connectivity index (χ1) is 20.8. The van der Waals surface area contributed by atoms with Gasteiger partial charge in [0.05, 0.1) is 37.5 Å². The maximum absolute atomic E-state index is 13.0. The van der Waals surface area contributed by atoms with E-state index in [0.29, 0.717) is 12.1 Å². The largest absolute Gasteiger partial charge is 0.464 e. The maximum atomic E-state index is 13.0. The number of aromatic nitrogens is 3. The number of nitrogens with two attached hydrogens (primary N) is 1. The van der Waals surface area contributed by atoms with Crippen molar-refractivity contribution in [3.63, 3.8) is 0 Å². The lowest BCUT2D eigenvalue weighted by molar-refractivity contribution is -0.201. The van der Waals surface area contributed by atoms with Crippen molar-refractivity contribution in [1.82, 2.24) is 19.9 Å². The summed E-state index contributed by atoms with van der Waals surface area (Å²) >= 11 is 0. The van der Waals surface area contributed by atoms with Gasteiger partial charge in [0.15, 0.2) is 18.0 Å². The molecular formula is C30H46N6O8. The number of hydrogen-bond acceptors (Lipinski definition) is 13. The Labute approximate surface area is 258 Å². The first kappa shape index (κ1) is 36.4. The number of anilines is 1. The predicted molar refractivity (Wildman–Crippen MR) is 160 cm³/mol. The van der Waals surface area contributed by atoms with E-state index >= 15 is 0 Å². The van der Waals surface area contributed by atoms with Crippen LogP contribution in [0.5, 0.6) is 0 Å². The number of methoxy groups -OCH3 is 1. The predicted octanol–water partition coefficient (Wildman–Crippen LogP) is 2.96. The van der Waals surface area contributed by atoms with E-state index in [-0.39, 0.29) is 24.2 Å². The third-order valence-corrected chi connectivity index (χ3v) is 7.30. The molecule has 2 rings (SSSR count). The average Bonchev–Trinajstić information content (AvgIpc) is 3.44. The van der Waals surface area contributed by atoms with Gasteiger partial charge >= 0.3 is 17.9 Å². The molecule has 0 aliphatic carbocycles. The van der Waals surface area contributed by atoms with Gasteiger partial charge in [-0.15, -0.1) is 0 Å². The van der Waals surface area contributed by atoms with Crippen molar-refractivity contribution >= 4 is 29.2 Å². The number of ether oxygens (including phenoxy) is 5. The smallest absolute Gasteiger partial charge is 0.322 e. The summed E-state index contributed by atoms with van der Waals surface area (Å²) in [5.74, 6) is -2.44. The van der Waals surface area contributed by atoms with Crippen LogP contribution in [0.2, 0.25) is 0 Å². The first-order valence-corrected chi connectivity index (χ1v) is 14.8. The minimum Gasteiger partial charge on any atom is -0.464 e. The van der Waals surface area contributed by atoms with Crippen LogP contribution in [0.25, 0.3) is 5.52 Å². The SMILES string of the molecule is CCC(CC)COC(=O)[C@H](C)NCOCC(C#N)(OC)[C@@H](OC(=O)C(C)C)[C@@H](OC(=O)C(C)C)c1ccc2c(N)ncnn12. The molecule has 244 valence electrons. The highest BCUT2D eigenvalue weighted by molar-refractivity contribution is 5.75. The van der Waals surface area contributed by atoms with Gasteiger partial charge in [-0.1, -0.05) is 54.4 Å². The summed E-state index contributed by atoms with van der Waals surface area (Å²) in [5.41, 5.74) is 4.72. The van der Waals surface area contributed by atoms with E-state index in [4.69, 9.17) is 29.4 Å². The van der Waals surface area contributed by atoms with E-state index in [1.54, 1.807) is 46.8 Å². The zero-order valence-corrected chi connectivity index (χ0v) is 26.9.